The van der Waals surface area contributed by atoms with Crippen molar-refractivity contribution in [2.45, 2.75) is 32.7 Å². The lowest BCUT2D eigenvalue weighted by Gasteiger charge is -2.37. The van der Waals surface area contributed by atoms with E-state index in [0.29, 0.717) is 29.1 Å². The minimum atomic E-state index is -0.866. The number of nitro benzene ring substituents is 1. The molecule has 1 aliphatic rings. The summed E-state index contributed by atoms with van der Waals surface area (Å²) in [4.78, 5) is 51.9. The van der Waals surface area contributed by atoms with E-state index in [1.165, 1.54) is 12.1 Å². The lowest BCUT2D eigenvalue weighted by molar-refractivity contribution is -0.384. The lowest BCUT2D eigenvalue weighted by atomic mass is 9.91. The van der Waals surface area contributed by atoms with Gasteiger partial charge in [-0.3, -0.25) is 19.8 Å². The molecule has 0 saturated heterocycles. The van der Waals surface area contributed by atoms with Gasteiger partial charge in [0.25, 0.3) is 11.6 Å². The number of unbranched alkanes of at least 4 members (excludes halogenated alkanes) is 1. The first-order valence-corrected chi connectivity index (χ1v) is 13.5. The van der Waals surface area contributed by atoms with Crippen molar-refractivity contribution in [2.24, 2.45) is 0 Å². The predicted octanol–water partition coefficient (Wildman–Crippen LogP) is 6.34. The number of nitrogens with one attached hydrogen (secondary N) is 2. The van der Waals surface area contributed by atoms with Crippen LogP contribution in [0.4, 0.5) is 16.2 Å². The highest BCUT2D eigenvalue weighted by molar-refractivity contribution is 6.34. The maximum atomic E-state index is 13.5. The van der Waals surface area contributed by atoms with Crippen LogP contribution in [0.3, 0.4) is 0 Å². The molecule has 11 heteroatoms. The Kier molecular flexibility index (Phi) is 9.36. The largest absolute Gasteiger partial charge is 0.463 e. The Balaban J connectivity index is 1.76. The SMILES string of the molecule is CCCCN1C(=O)N[C@@H](c2cccc(NC(=O)c3ccc([N+](=O)[O-])cc3Cl)c2)C(C(=O)OCC)=C1c1ccccc1. The molecule has 10 nitrogen and oxygen atoms in total. The van der Waals surface area contributed by atoms with E-state index in [1.54, 1.807) is 36.1 Å². The van der Waals surface area contributed by atoms with Crippen LogP contribution in [0.1, 0.15) is 54.2 Å². The first-order valence-electron chi connectivity index (χ1n) is 13.1. The van der Waals surface area contributed by atoms with Crippen molar-refractivity contribution in [2.75, 3.05) is 18.5 Å². The molecule has 0 radical (unpaired) electrons. The highest BCUT2D eigenvalue weighted by atomic mass is 35.5. The first kappa shape index (κ1) is 29.3. The third kappa shape index (κ3) is 6.55. The van der Waals surface area contributed by atoms with Crippen molar-refractivity contribution in [3.63, 3.8) is 0 Å². The number of anilines is 1. The Morgan fingerprint density at radius 3 is 2.49 bits per heavy atom. The quantitative estimate of drug-likeness (QED) is 0.164. The first-order chi connectivity index (χ1) is 19.7. The van der Waals surface area contributed by atoms with E-state index in [9.17, 15) is 24.5 Å². The van der Waals surface area contributed by atoms with Crippen LogP contribution in [-0.4, -0.2) is 40.9 Å². The molecule has 0 aliphatic carbocycles. The van der Waals surface area contributed by atoms with E-state index in [2.05, 4.69) is 10.6 Å². The number of halogens is 1. The molecule has 0 unspecified atom stereocenters. The topological polar surface area (TPSA) is 131 Å². The summed E-state index contributed by atoms with van der Waals surface area (Å²) in [6.07, 6.45) is 1.59. The van der Waals surface area contributed by atoms with E-state index < -0.39 is 22.8 Å². The molecule has 0 fully saturated rings. The predicted molar refractivity (Wildman–Crippen MR) is 155 cm³/mol. The highest BCUT2D eigenvalue weighted by Gasteiger charge is 2.38. The summed E-state index contributed by atoms with van der Waals surface area (Å²) in [5, 5.41) is 16.6. The van der Waals surface area contributed by atoms with E-state index in [-0.39, 0.29) is 34.5 Å². The molecule has 3 aromatic rings. The normalized spacial score (nSPS) is 14.9. The Morgan fingerprint density at radius 2 is 1.83 bits per heavy atom. The molecule has 212 valence electrons. The zero-order valence-electron chi connectivity index (χ0n) is 22.6. The molecule has 0 aromatic heterocycles. The van der Waals surface area contributed by atoms with Crippen LogP contribution in [0.15, 0.2) is 78.4 Å². The van der Waals surface area contributed by atoms with Crippen LogP contribution in [0.5, 0.6) is 0 Å². The summed E-state index contributed by atoms with van der Waals surface area (Å²) in [6.45, 7) is 4.29. The minimum absolute atomic E-state index is 0.0543. The van der Waals surface area contributed by atoms with Crippen LogP contribution < -0.4 is 10.6 Å². The standard InChI is InChI=1S/C30H29ClN4O6/c1-3-5-16-34-27(19-10-7-6-8-11-19)25(29(37)41-4-2)26(33-30(34)38)20-12-9-13-21(17-20)32-28(36)23-15-14-22(35(39)40)18-24(23)31/h6-15,17-18,26H,3-5,16H2,1-2H3,(H,32,36)(H,33,38)/t26-/m0/s1. The lowest BCUT2D eigenvalue weighted by Crippen LogP contribution is -2.48. The van der Waals surface area contributed by atoms with Gasteiger partial charge in [-0.25, -0.2) is 9.59 Å². The summed E-state index contributed by atoms with van der Waals surface area (Å²) < 4.78 is 5.46. The number of urea groups is 1. The molecule has 0 saturated carbocycles. The molecule has 1 aliphatic heterocycles. The van der Waals surface area contributed by atoms with Crippen molar-refractivity contribution < 1.29 is 24.0 Å². The summed E-state index contributed by atoms with van der Waals surface area (Å²) in [5.41, 5.74) is 2.17. The zero-order chi connectivity index (χ0) is 29.5. The van der Waals surface area contributed by atoms with Gasteiger partial charge < -0.3 is 15.4 Å². The maximum absolute atomic E-state index is 13.5. The van der Waals surface area contributed by atoms with Crippen molar-refractivity contribution >= 4 is 46.6 Å². The van der Waals surface area contributed by atoms with Gasteiger partial charge in [0, 0.05) is 24.4 Å². The number of rotatable bonds is 10. The maximum Gasteiger partial charge on any atom is 0.338 e. The van der Waals surface area contributed by atoms with Crippen molar-refractivity contribution in [3.05, 3.63) is 110 Å². The number of esters is 1. The van der Waals surface area contributed by atoms with Crippen molar-refractivity contribution in [3.8, 4) is 0 Å². The molecule has 3 amide bonds. The molecule has 0 spiro atoms. The van der Waals surface area contributed by atoms with Crippen molar-refractivity contribution in [1.29, 1.82) is 0 Å². The van der Waals surface area contributed by atoms with Gasteiger partial charge in [0.2, 0.25) is 0 Å². The van der Waals surface area contributed by atoms with Crippen LogP contribution in [0.25, 0.3) is 5.70 Å². The molecule has 0 bridgehead atoms. The average molecular weight is 577 g/mol. The fourth-order valence-corrected chi connectivity index (χ4v) is 4.82. The molecule has 1 atom stereocenters. The van der Waals surface area contributed by atoms with Gasteiger partial charge in [-0.1, -0.05) is 67.4 Å². The summed E-state index contributed by atoms with van der Waals surface area (Å²) in [6, 6.07) is 18.3. The molecule has 2 N–H and O–H groups in total. The Hall–Kier alpha value is -4.70. The second-order valence-corrected chi connectivity index (χ2v) is 9.64. The number of hydrogen-bond acceptors (Lipinski definition) is 6. The van der Waals surface area contributed by atoms with Gasteiger partial charge in [-0.2, -0.15) is 0 Å². The minimum Gasteiger partial charge on any atom is -0.463 e. The van der Waals surface area contributed by atoms with E-state index in [1.807, 2.05) is 37.3 Å². The van der Waals surface area contributed by atoms with Crippen LogP contribution in [-0.2, 0) is 9.53 Å². The second kappa shape index (κ2) is 13.1. The number of ether oxygens (including phenoxy) is 1. The van der Waals surface area contributed by atoms with Gasteiger partial charge >= 0.3 is 12.0 Å². The monoisotopic (exact) mass is 576 g/mol. The van der Waals surface area contributed by atoms with E-state index in [0.717, 1.165) is 18.9 Å². The van der Waals surface area contributed by atoms with Crippen LogP contribution in [0, 0.1) is 10.1 Å². The third-order valence-corrected chi connectivity index (χ3v) is 6.80. The fourth-order valence-electron chi connectivity index (χ4n) is 4.56. The Labute approximate surface area is 242 Å². The van der Waals surface area contributed by atoms with Crippen molar-refractivity contribution in [1.82, 2.24) is 10.2 Å². The number of nitro groups is 1. The van der Waals surface area contributed by atoms with Gasteiger partial charge in [0.05, 0.1) is 39.4 Å². The number of carbonyl (C=O) groups excluding carboxylic acids is 3. The average Bonchev–Trinajstić information content (AvgIpc) is 2.96. The molecule has 1 heterocycles. The highest BCUT2D eigenvalue weighted by Crippen LogP contribution is 2.37. The fraction of sp³-hybridized carbons (Fsp3) is 0.233. The van der Waals surface area contributed by atoms with Gasteiger partial charge in [-0.05, 0) is 42.7 Å². The molecular weight excluding hydrogens is 548 g/mol. The number of benzene rings is 3. The van der Waals surface area contributed by atoms with E-state index >= 15 is 0 Å². The smallest absolute Gasteiger partial charge is 0.338 e. The Bertz CT molecular complexity index is 1510. The van der Waals surface area contributed by atoms with Crippen LogP contribution in [0.2, 0.25) is 5.02 Å². The van der Waals surface area contributed by atoms with Gasteiger partial charge in [0.1, 0.15) is 0 Å². The number of nitrogens with zero attached hydrogens (tertiary/aromatic N) is 2. The van der Waals surface area contributed by atoms with Gasteiger partial charge in [0.15, 0.2) is 0 Å². The molecule has 3 aromatic carbocycles. The van der Waals surface area contributed by atoms with Crippen LogP contribution >= 0.6 is 11.6 Å². The molecular formula is C30H29ClN4O6. The third-order valence-electron chi connectivity index (χ3n) is 6.49. The van der Waals surface area contributed by atoms with E-state index in [4.69, 9.17) is 16.3 Å². The number of hydrogen-bond donors (Lipinski definition) is 2. The number of carbonyl (C=O) groups is 3. The number of amides is 3. The summed E-state index contributed by atoms with van der Waals surface area (Å²) in [7, 11) is 0. The molecule has 41 heavy (non-hydrogen) atoms. The zero-order valence-corrected chi connectivity index (χ0v) is 23.3. The Morgan fingerprint density at radius 1 is 1.07 bits per heavy atom. The van der Waals surface area contributed by atoms with Gasteiger partial charge in [-0.15, -0.1) is 0 Å². The second-order valence-electron chi connectivity index (χ2n) is 9.24. The summed E-state index contributed by atoms with van der Waals surface area (Å²) >= 11 is 6.14. The molecule has 4 rings (SSSR count). The summed E-state index contributed by atoms with van der Waals surface area (Å²) in [5.74, 6) is -1.14. The number of non-ortho nitro benzene ring substituents is 1.